The lowest BCUT2D eigenvalue weighted by Gasteiger charge is -2.33. The van der Waals surface area contributed by atoms with Crippen LogP contribution >= 0.6 is 0 Å². The summed E-state index contributed by atoms with van der Waals surface area (Å²) < 4.78 is 5.63. The Hall–Kier alpha value is -1.06. The molecule has 3 nitrogen and oxygen atoms in total. The van der Waals surface area contributed by atoms with E-state index in [-0.39, 0.29) is 0 Å². The summed E-state index contributed by atoms with van der Waals surface area (Å²) in [5.41, 5.74) is 3.06. The second-order valence-corrected chi connectivity index (χ2v) is 5.79. The number of ether oxygens (including phenoxy) is 1. The van der Waals surface area contributed by atoms with Gasteiger partial charge in [0.15, 0.2) is 6.04 Å². The number of nitrogens with one attached hydrogen (secondary N) is 1. The van der Waals surface area contributed by atoms with Crippen LogP contribution in [-0.2, 0) is 6.54 Å². The molecule has 3 rings (SSSR count). The summed E-state index contributed by atoms with van der Waals surface area (Å²) >= 11 is 0. The van der Waals surface area contributed by atoms with E-state index in [0.29, 0.717) is 6.04 Å². The van der Waals surface area contributed by atoms with Crippen LogP contribution < -0.4 is 15.0 Å². The summed E-state index contributed by atoms with van der Waals surface area (Å²) in [5, 5.41) is 2.46. The lowest BCUT2D eigenvalue weighted by molar-refractivity contribution is -0.952. The van der Waals surface area contributed by atoms with Gasteiger partial charge in [0, 0.05) is 11.1 Å². The van der Waals surface area contributed by atoms with Gasteiger partial charge in [0.2, 0.25) is 0 Å². The van der Waals surface area contributed by atoms with Gasteiger partial charge in [0.1, 0.15) is 18.8 Å². The maximum Gasteiger partial charge on any atom is 0.163 e. The van der Waals surface area contributed by atoms with Crippen molar-refractivity contribution in [2.24, 2.45) is 0 Å². The fraction of sp³-hybridized carbons (Fsp3) is 0.625. The number of likely N-dealkylation sites (tertiary alicyclic amines) is 1. The Labute approximate surface area is 115 Å². The fourth-order valence-corrected chi connectivity index (χ4v) is 3.63. The van der Waals surface area contributed by atoms with Gasteiger partial charge in [0.25, 0.3) is 0 Å². The summed E-state index contributed by atoms with van der Waals surface area (Å²) in [5.74, 6) is 1.03. The van der Waals surface area contributed by atoms with Gasteiger partial charge in [-0.1, -0.05) is 0 Å². The van der Waals surface area contributed by atoms with Crippen molar-refractivity contribution in [1.29, 1.82) is 0 Å². The minimum Gasteiger partial charge on any atom is -0.494 e. The van der Waals surface area contributed by atoms with E-state index in [1.54, 1.807) is 10.5 Å². The van der Waals surface area contributed by atoms with E-state index in [2.05, 4.69) is 23.5 Å². The Balaban J connectivity index is 1.82. The molecule has 0 aliphatic carbocycles. The molecule has 2 heterocycles. The highest BCUT2D eigenvalue weighted by molar-refractivity contribution is 5.37. The maximum atomic E-state index is 5.63. The second-order valence-electron chi connectivity index (χ2n) is 5.79. The zero-order valence-corrected chi connectivity index (χ0v) is 12.0. The fourth-order valence-electron chi connectivity index (χ4n) is 3.63. The van der Waals surface area contributed by atoms with Crippen LogP contribution in [0.15, 0.2) is 18.2 Å². The molecule has 2 aliphatic heterocycles. The number of benzene rings is 1. The smallest absolute Gasteiger partial charge is 0.163 e. The minimum absolute atomic E-state index is 0.694. The van der Waals surface area contributed by atoms with Crippen LogP contribution in [0.5, 0.6) is 5.75 Å². The first kappa shape index (κ1) is 12.9. The molecule has 1 aromatic rings. The zero-order chi connectivity index (χ0) is 13.1. The Kier molecular flexibility index (Phi) is 4.04. The molecule has 0 spiro atoms. The largest absolute Gasteiger partial charge is 0.494 e. The van der Waals surface area contributed by atoms with E-state index in [1.807, 2.05) is 6.92 Å². The summed E-state index contributed by atoms with van der Waals surface area (Å²) in [6.07, 6.45) is 4.23. The van der Waals surface area contributed by atoms with Crippen molar-refractivity contribution in [3.63, 3.8) is 0 Å². The van der Waals surface area contributed by atoms with Crippen LogP contribution in [0.25, 0.3) is 0 Å². The molecule has 0 unspecified atom stereocenters. The standard InChI is InChI=1S/C16H24N2O/c1-2-19-14-6-7-15-13(10-14)11-17-12-16(15)18-8-4-3-5-9-18/h6-7,10,16-17H,2-5,8-9,11-12H2,1H3/p+2/t16-/m0/s1. The van der Waals surface area contributed by atoms with Crippen LogP contribution in [0.2, 0.25) is 0 Å². The summed E-state index contributed by atoms with van der Waals surface area (Å²) in [6.45, 7) is 7.86. The summed E-state index contributed by atoms with van der Waals surface area (Å²) in [6, 6.07) is 7.42. The molecule has 3 heteroatoms. The number of nitrogens with two attached hydrogens (primary N) is 1. The monoisotopic (exact) mass is 262 g/mol. The zero-order valence-electron chi connectivity index (χ0n) is 12.0. The van der Waals surface area contributed by atoms with Gasteiger partial charge in [-0.3, -0.25) is 0 Å². The molecular formula is C16H26N2O+2. The van der Waals surface area contributed by atoms with Gasteiger partial charge < -0.3 is 15.0 Å². The number of fused-ring (bicyclic) bond motifs is 1. The van der Waals surface area contributed by atoms with Crippen LogP contribution in [0, 0.1) is 0 Å². The van der Waals surface area contributed by atoms with E-state index < -0.39 is 0 Å². The van der Waals surface area contributed by atoms with Gasteiger partial charge in [-0.05, 0) is 44.4 Å². The number of hydrogen-bond donors (Lipinski definition) is 2. The number of rotatable bonds is 3. The first-order valence-electron chi connectivity index (χ1n) is 7.80. The number of piperidine rings is 1. The topological polar surface area (TPSA) is 30.3 Å². The normalized spacial score (nSPS) is 23.9. The van der Waals surface area contributed by atoms with E-state index in [4.69, 9.17) is 4.74 Å². The van der Waals surface area contributed by atoms with Crippen LogP contribution in [0.4, 0.5) is 0 Å². The third kappa shape index (κ3) is 2.77. The van der Waals surface area contributed by atoms with Crippen molar-refractivity contribution in [3.05, 3.63) is 29.3 Å². The average molecular weight is 262 g/mol. The predicted molar refractivity (Wildman–Crippen MR) is 75.4 cm³/mol. The van der Waals surface area contributed by atoms with Gasteiger partial charge in [-0.25, -0.2) is 0 Å². The summed E-state index contributed by atoms with van der Waals surface area (Å²) in [7, 11) is 0. The van der Waals surface area contributed by atoms with Crippen LogP contribution in [0.3, 0.4) is 0 Å². The van der Waals surface area contributed by atoms with E-state index >= 15 is 0 Å². The Morgan fingerprint density at radius 3 is 2.89 bits per heavy atom. The van der Waals surface area contributed by atoms with Crippen molar-refractivity contribution in [2.45, 2.75) is 38.8 Å². The quantitative estimate of drug-likeness (QED) is 0.805. The van der Waals surface area contributed by atoms with Crippen molar-refractivity contribution < 1.29 is 15.0 Å². The first-order chi connectivity index (χ1) is 9.38. The van der Waals surface area contributed by atoms with Crippen molar-refractivity contribution in [2.75, 3.05) is 26.2 Å². The molecule has 1 saturated heterocycles. The predicted octanol–water partition coefficient (Wildman–Crippen LogP) is 0.272. The molecule has 0 radical (unpaired) electrons. The van der Waals surface area contributed by atoms with E-state index in [0.717, 1.165) is 18.9 Å². The van der Waals surface area contributed by atoms with Crippen molar-refractivity contribution >= 4 is 0 Å². The molecule has 0 amide bonds. The molecular weight excluding hydrogens is 236 g/mol. The van der Waals surface area contributed by atoms with Gasteiger partial charge in [-0.15, -0.1) is 0 Å². The molecule has 3 N–H and O–H groups in total. The van der Waals surface area contributed by atoms with Crippen molar-refractivity contribution in [1.82, 2.24) is 0 Å². The van der Waals surface area contributed by atoms with E-state index in [1.165, 1.54) is 44.5 Å². The molecule has 2 aliphatic rings. The molecule has 0 saturated carbocycles. The Bertz CT molecular complexity index is 427. The summed E-state index contributed by atoms with van der Waals surface area (Å²) in [4.78, 5) is 1.80. The lowest BCUT2D eigenvalue weighted by atomic mass is 9.94. The minimum atomic E-state index is 0.694. The number of quaternary nitrogens is 2. The molecule has 1 aromatic carbocycles. The van der Waals surface area contributed by atoms with Gasteiger partial charge in [-0.2, -0.15) is 0 Å². The highest BCUT2D eigenvalue weighted by atomic mass is 16.5. The second kappa shape index (κ2) is 5.93. The third-order valence-corrected chi connectivity index (χ3v) is 4.56. The van der Waals surface area contributed by atoms with Crippen molar-refractivity contribution in [3.8, 4) is 5.75 Å². The Morgan fingerprint density at radius 2 is 2.11 bits per heavy atom. The molecule has 0 aromatic heterocycles. The molecule has 104 valence electrons. The molecule has 1 atom stereocenters. The lowest BCUT2D eigenvalue weighted by Crippen LogP contribution is -3.16. The highest BCUT2D eigenvalue weighted by Crippen LogP contribution is 2.23. The molecule has 19 heavy (non-hydrogen) atoms. The van der Waals surface area contributed by atoms with Gasteiger partial charge >= 0.3 is 0 Å². The Morgan fingerprint density at radius 1 is 1.26 bits per heavy atom. The maximum absolute atomic E-state index is 5.63. The third-order valence-electron chi connectivity index (χ3n) is 4.56. The van der Waals surface area contributed by atoms with Crippen LogP contribution in [-0.4, -0.2) is 26.2 Å². The molecule has 1 fully saturated rings. The van der Waals surface area contributed by atoms with Crippen LogP contribution in [0.1, 0.15) is 43.4 Å². The average Bonchev–Trinajstić information content (AvgIpc) is 2.48. The highest BCUT2D eigenvalue weighted by Gasteiger charge is 2.32. The van der Waals surface area contributed by atoms with Gasteiger partial charge in [0.05, 0.1) is 19.7 Å². The first-order valence-corrected chi connectivity index (χ1v) is 7.80. The van der Waals surface area contributed by atoms with E-state index in [9.17, 15) is 0 Å². The number of hydrogen-bond acceptors (Lipinski definition) is 1. The SMILES string of the molecule is CCOc1ccc2c(c1)C[NH2+]C[C@@H]2[NH+]1CCCCC1. The molecule has 0 bridgehead atoms.